The highest BCUT2D eigenvalue weighted by atomic mass is 32.2. The molecule has 124 valence electrons. The first-order valence-corrected chi connectivity index (χ1v) is 9.32. The Balaban J connectivity index is 1.94. The van der Waals surface area contributed by atoms with Crippen molar-refractivity contribution in [3.8, 4) is 0 Å². The summed E-state index contributed by atoms with van der Waals surface area (Å²) in [6.45, 7) is 5.76. The number of carbonyl (C=O) groups excluding carboxylic acids is 1. The Morgan fingerprint density at radius 3 is 2.43 bits per heavy atom. The highest BCUT2D eigenvalue weighted by Gasteiger charge is 2.28. The van der Waals surface area contributed by atoms with Gasteiger partial charge in [-0.3, -0.25) is 9.69 Å². The molecule has 1 rings (SSSR count). The minimum absolute atomic E-state index is 0.192. The number of halogens is 3. The molecule has 0 atom stereocenters. The summed E-state index contributed by atoms with van der Waals surface area (Å²) in [6, 6.07) is 0. The topological polar surface area (TPSA) is 35.6 Å². The Hall–Kier alpha value is 0.390. The van der Waals surface area contributed by atoms with Crippen LogP contribution >= 0.6 is 35.8 Å². The third kappa shape index (κ3) is 10.7. The molecule has 10 heteroatoms. The second-order valence-corrected chi connectivity index (χ2v) is 7.79. The summed E-state index contributed by atoms with van der Waals surface area (Å²) in [5.74, 6) is 1.75. The van der Waals surface area contributed by atoms with Gasteiger partial charge in [-0.05, 0) is 13.3 Å². The van der Waals surface area contributed by atoms with Gasteiger partial charge < -0.3 is 0 Å². The average Bonchev–Trinajstić information content (AvgIpc) is 2.37. The van der Waals surface area contributed by atoms with E-state index in [9.17, 15) is 18.0 Å². The number of rotatable bonds is 9. The van der Waals surface area contributed by atoms with Gasteiger partial charge in [-0.25, -0.2) is 8.43 Å². The Bertz CT molecular complexity index is 313. The molecule has 1 aliphatic rings. The number of Topliss-reactive ketones (excluding diaryl/α,β-unsaturated/α-hetero) is 1. The summed E-state index contributed by atoms with van der Waals surface area (Å²) in [6.07, 6.45) is 0.856. The van der Waals surface area contributed by atoms with Crippen molar-refractivity contribution in [2.45, 2.75) is 18.9 Å². The van der Waals surface area contributed by atoms with Crippen molar-refractivity contribution in [2.75, 3.05) is 44.2 Å². The quantitative estimate of drug-likeness (QED) is 0.498. The highest BCUT2D eigenvalue weighted by Crippen LogP contribution is 2.29. The maximum absolute atomic E-state index is 11.8. The van der Waals surface area contributed by atoms with Crippen LogP contribution in [0.4, 0.5) is 13.2 Å². The van der Waals surface area contributed by atoms with E-state index in [4.69, 9.17) is 0 Å². The molecule has 0 bridgehead atoms. The van der Waals surface area contributed by atoms with Crippen molar-refractivity contribution >= 4 is 41.6 Å². The summed E-state index contributed by atoms with van der Waals surface area (Å²) < 4.78 is 40.0. The Labute approximate surface area is 136 Å². The maximum Gasteiger partial charge on any atom is 0.456 e. The molecule has 0 saturated carbocycles. The molecule has 1 heterocycles. The molecule has 0 spiro atoms. The molecule has 0 aliphatic carbocycles. The third-order valence-corrected chi connectivity index (χ3v) is 5.39. The van der Waals surface area contributed by atoms with Crippen molar-refractivity contribution in [1.29, 1.82) is 0 Å². The lowest BCUT2D eigenvalue weighted by molar-refractivity contribution is -0.118. The van der Waals surface area contributed by atoms with Gasteiger partial charge >= 0.3 is 5.51 Å². The molecule has 1 N–H and O–H groups in total. The van der Waals surface area contributed by atoms with Gasteiger partial charge in [0.15, 0.2) is 0 Å². The number of hydrogen-bond acceptors (Lipinski definition) is 7. The van der Waals surface area contributed by atoms with Crippen molar-refractivity contribution in [2.24, 2.45) is 0 Å². The standard InChI is InChI=1S/C11H20F3N3OS3/c1-10(18)9-16-3-5-17(6-4-16)20-8-2-7-19-15-21-11(12,13)14/h15H,2-9H2,1H3. The monoisotopic (exact) mass is 363 g/mol. The van der Waals surface area contributed by atoms with Crippen LogP contribution < -0.4 is 4.13 Å². The van der Waals surface area contributed by atoms with E-state index in [1.807, 2.05) is 0 Å². The molecule has 0 aromatic carbocycles. The molecule has 0 aromatic rings. The fourth-order valence-electron chi connectivity index (χ4n) is 1.77. The fourth-order valence-corrected chi connectivity index (χ4v) is 4.15. The van der Waals surface area contributed by atoms with Crippen LogP contribution in [0.1, 0.15) is 13.3 Å². The zero-order valence-electron chi connectivity index (χ0n) is 11.8. The molecule has 1 fully saturated rings. The molecule has 1 aliphatic heterocycles. The predicted molar refractivity (Wildman–Crippen MR) is 85.0 cm³/mol. The minimum Gasteiger partial charge on any atom is -0.299 e. The molecule has 0 unspecified atom stereocenters. The molecular formula is C11H20F3N3OS3. The smallest absolute Gasteiger partial charge is 0.299 e. The first-order chi connectivity index (χ1) is 9.87. The Morgan fingerprint density at radius 1 is 1.19 bits per heavy atom. The van der Waals surface area contributed by atoms with Crippen LogP contribution in [0.25, 0.3) is 0 Å². The fraction of sp³-hybridized carbons (Fsp3) is 0.909. The Morgan fingerprint density at radius 2 is 1.86 bits per heavy atom. The third-order valence-electron chi connectivity index (χ3n) is 2.66. The van der Waals surface area contributed by atoms with Crippen molar-refractivity contribution in [3.05, 3.63) is 0 Å². The maximum atomic E-state index is 11.8. The van der Waals surface area contributed by atoms with Crippen LogP contribution in [-0.4, -0.2) is 64.7 Å². The summed E-state index contributed by atoms with van der Waals surface area (Å²) in [4.78, 5) is 13.2. The number of nitrogens with one attached hydrogen (secondary N) is 1. The normalized spacial score (nSPS) is 18.1. The van der Waals surface area contributed by atoms with Crippen LogP contribution in [0.2, 0.25) is 0 Å². The van der Waals surface area contributed by atoms with Gasteiger partial charge in [-0.15, -0.1) is 0 Å². The van der Waals surface area contributed by atoms with Crippen LogP contribution in [0.3, 0.4) is 0 Å². The number of ketones is 1. The van der Waals surface area contributed by atoms with Gasteiger partial charge in [-0.1, -0.05) is 23.9 Å². The first-order valence-electron chi connectivity index (χ1n) is 6.58. The number of carbonyl (C=O) groups is 1. The summed E-state index contributed by atoms with van der Waals surface area (Å²) in [5, 5.41) is 0. The molecule has 4 nitrogen and oxygen atoms in total. The van der Waals surface area contributed by atoms with Crippen molar-refractivity contribution in [1.82, 2.24) is 13.3 Å². The van der Waals surface area contributed by atoms with Crippen molar-refractivity contribution < 1.29 is 18.0 Å². The van der Waals surface area contributed by atoms with Crippen LogP contribution in [0.15, 0.2) is 0 Å². The van der Waals surface area contributed by atoms with Gasteiger partial charge in [0.2, 0.25) is 0 Å². The van der Waals surface area contributed by atoms with E-state index in [1.54, 1.807) is 18.9 Å². The van der Waals surface area contributed by atoms with Gasteiger partial charge in [0.25, 0.3) is 0 Å². The van der Waals surface area contributed by atoms with Gasteiger partial charge in [0, 0.05) is 49.6 Å². The molecule has 21 heavy (non-hydrogen) atoms. The van der Waals surface area contributed by atoms with Crippen LogP contribution in [0.5, 0.6) is 0 Å². The van der Waals surface area contributed by atoms with E-state index in [0.717, 1.165) is 50.3 Å². The molecule has 0 radical (unpaired) electrons. The lowest BCUT2D eigenvalue weighted by Gasteiger charge is -2.33. The molecule has 1 saturated heterocycles. The molecule has 0 amide bonds. The van der Waals surface area contributed by atoms with E-state index < -0.39 is 5.51 Å². The average molecular weight is 363 g/mol. The summed E-state index contributed by atoms with van der Waals surface area (Å²) >= 11 is 2.61. The van der Waals surface area contributed by atoms with Crippen LogP contribution in [0, 0.1) is 0 Å². The largest absolute Gasteiger partial charge is 0.456 e. The second-order valence-electron chi connectivity index (χ2n) is 4.57. The SMILES string of the molecule is CC(=O)CN1CCN(SCCCSNSC(F)(F)F)CC1. The molecule has 0 aromatic heterocycles. The zero-order chi connectivity index (χ0) is 15.7. The van der Waals surface area contributed by atoms with E-state index in [0.29, 0.717) is 12.3 Å². The van der Waals surface area contributed by atoms with E-state index >= 15 is 0 Å². The van der Waals surface area contributed by atoms with E-state index in [1.165, 1.54) is 0 Å². The first kappa shape index (κ1) is 19.4. The number of nitrogens with zero attached hydrogens (tertiary/aromatic N) is 2. The number of hydrogen-bond donors (Lipinski definition) is 1. The highest BCUT2D eigenvalue weighted by molar-refractivity contribution is 8.13. The Kier molecular flexibility index (Phi) is 9.46. The van der Waals surface area contributed by atoms with Gasteiger partial charge in [-0.2, -0.15) is 13.2 Å². The van der Waals surface area contributed by atoms with Crippen molar-refractivity contribution in [3.63, 3.8) is 0 Å². The minimum atomic E-state index is -4.22. The van der Waals surface area contributed by atoms with Gasteiger partial charge in [0.1, 0.15) is 5.78 Å². The number of alkyl halides is 3. The lowest BCUT2D eigenvalue weighted by Crippen LogP contribution is -2.45. The second kappa shape index (κ2) is 10.2. The lowest BCUT2D eigenvalue weighted by atomic mass is 10.3. The summed E-state index contributed by atoms with van der Waals surface area (Å²) in [7, 11) is 0. The molecular weight excluding hydrogens is 343 g/mol. The van der Waals surface area contributed by atoms with E-state index in [-0.39, 0.29) is 17.7 Å². The van der Waals surface area contributed by atoms with Crippen LogP contribution in [-0.2, 0) is 4.79 Å². The number of piperazine rings is 1. The van der Waals surface area contributed by atoms with E-state index in [2.05, 4.69) is 13.3 Å². The predicted octanol–water partition coefficient (Wildman–Crippen LogP) is 2.64. The zero-order valence-corrected chi connectivity index (χ0v) is 14.3. The summed E-state index contributed by atoms with van der Waals surface area (Å²) in [5.41, 5.74) is -4.22. The van der Waals surface area contributed by atoms with Gasteiger partial charge in [0.05, 0.1) is 6.54 Å².